The normalized spacial score (nSPS) is 12.8. The maximum absolute atomic E-state index is 4.35. The average Bonchev–Trinajstić information content (AvgIpc) is 3.15. The minimum atomic E-state index is 0.108. The first-order chi connectivity index (χ1) is 10.3. The second kappa shape index (κ2) is 4.78. The number of thiophene rings is 1. The van der Waals surface area contributed by atoms with E-state index >= 15 is 0 Å². The molecule has 1 atom stereocenters. The fourth-order valence-electron chi connectivity index (χ4n) is 2.28. The summed E-state index contributed by atoms with van der Waals surface area (Å²) >= 11 is 1.61. The monoisotopic (exact) mass is 296 g/mol. The van der Waals surface area contributed by atoms with Gasteiger partial charge in [-0.3, -0.25) is 0 Å². The second-order valence-electron chi connectivity index (χ2n) is 4.75. The van der Waals surface area contributed by atoms with E-state index in [0.29, 0.717) is 0 Å². The van der Waals surface area contributed by atoms with Crippen LogP contribution in [-0.4, -0.2) is 24.6 Å². The molecule has 0 fully saturated rings. The van der Waals surface area contributed by atoms with Crippen LogP contribution in [0.1, 0.15) is 18.5 Å². The van der Waals surface area contributed by atoms with E-state index < -0.39 is 0 Å². The topological polar surface area (TPSA) is 68.0 Å². The summed E-state index contributed by atoms with van der Waals surface area (Å²) in [5.74, 6) is 0.854. The van der Waals surface area contributed by atoms with Gasteiger partial charge in [0, 0.05) is 6.20 Å². The molecule has 6 nitrogen and oxygen atoms in total. The highest BCUT2D eigenvalue weighted by molar-refractivity contribution is 7.16. The van der Waals surface area contributed by atoms with E-state index in [1.165, 1.54) is 0 Å². The Kier molecular flexibility index (Phi) is 2.78. The van der Waals surface area contributed by atoms with E-state index in [-0.39, 0.29) is 6.04 Å². The molecule has 0 bridgehead atoms. The summed E-state index contributed by atoms with van der Waals surface area (Å²) in [5.41, 5.74) is 1.96. The van der Waals surface area contributed by atoms with Crippen LogP contribution in [0.3, 0.4) is 0 Å². The third-order valence-electron chi connectivity index (χ3n) is 3.41. The van der Waals surface area contributed by atoms with E-state index in [1.807, 2.05) is 29.8 Å². The Morgan fingerprint density at radius 3 is 3.05 bits per heavy atom. The van der Waals surface area contributed by atoms with Crippen molar-refractivity contribution in [3.63, 3.8) is 0 Å². The van der Waals surface area contributed by atoms with Crippen molar-refractivity contribution in [2.45, 2.75) is 13.0 Å². The molecular formula is C14H12N6S. The lowest BCUT2D eigenvalue weighted by Gasteiger charge is -2.15. The van der Waals surface area contributed by atoms with E-state index in [0.717, 1.165) is 27.2 Å². The summed E-state index contributed by atoms with van der Waals surface area (Å²) in [6.07, 6.45) is 5.12. The van der Waals surface area contributed by atoms with Gasteiger partial charge in [-0.1, -0.05) is 6.07 Å². The zero-order valence-electron chi connectivity index (χ0n) is 11.3. The zero-order valence-corrected chi connectivity index (χ0v) is 12.1. The largest absolute Gasteiger partial charge is 0.363 e. The van der Waals surface area contributed by atoms with E-state index in [9.17, 15) is 0 Å². The third-order valence-corrected chi connectivity index (χ3v) is 4.23. The first kappa shape index (κ1) is 12.2. The van der Waals surface area contributed by atoms with Crippen LogP contribution in [0.5, 0.6) is 0 Å². The Morgan fingerprint density at radius 2 is 2.10 bits per heavy atom. The number of fused-ring (bicyclic) bond motifs is 2. The summed E-state index contributed by atoms with van der Waals surface area (Å²) in [6, 6.07) is 6.15. The molecule has 1 N–H and O–H groups in total. The molecule has 0 aromatic carbocycles. The number of nitrogens with one attached hydrogen (secondary N) is 1. The van der Waals surface area contributed by atoms with Gasteiger partial charge >= 0.3 is 0 Å². The van der Waals surface area contributed by atoms with Crippen LogP contribution in [-0.2, 0) is 0 Å². The van der Waals surface area contributed by atoms with Crippen LogP contribution in [0, 0.1) is 0 Å². The Morgan fingerprint density at radius 1 is 1.14 bits per heavy atom. The van der Waals surface area contributed by atoms with Gasteiger partial charge in [0.2, 0.25) is 0 Å². The van der Waals surface area contributed by atoms with Gasteiger partial charge in [-0.15, -0.1) is 11.3 Å². The molecular weight excluding hydrogens is 284 g/mol. The summed E-state index contributed by atoms with van der Waals surface area (Å²) in [5, 5.41) is 10.7. The molecule has 4 rings (SSSR count). The minimum absolute atomic E-state index is 0.108. The number of rotatable bonds is 3. The summed E-state index contributed by atoms with van der Waals surface area (Å²) < 4.78 is 1.77. The van der Waals surface area contributed by atoms with Crippen molar-refractivity contribution >= 4 is 33.0 Å². The predicted molar refractivity (Wildman–Crippen MR) is 82.4 cm³/mol. The molecule has 104 valence electrons. The maximum Gasteiger partial charge on any atom is 0.155 e. The van der Waals surface area contributed by atoms with Gasteiger partial charge in [0.15, 0.2) is 5.65 Å². The van der Waals surface area contributed by atoms with E-state index in [4.69, 9.17) is 0 Å². The van der Waals surface area contributed by atoms with Gasteiger partial charge in [0.1, 0.15) is 23.3 Å². The van der Waals surface area contributed by atoms with Gasteiger partial charge in [0.25, 0.3) is 0 Å². The molecule has 0 aliphatic rings. The van der Waals surface area contributed by atoms with Crippen molar-refractivity contribution < 1.29 is 0 Å². The fourth-order valence-corrected chi connectivity index (χ4v) is 3.02. The van der Waals surface area contributed by atoms with Crippen molar-refractivity contribution in [1.82, 2.24) is 24.6 Å². The lowest BCUT2D eigenvalue weighted by atomic mass is 10.1. The number of anilines is 1. The number of aromatic nitrogens is 5. The number of pyridine rings is 1. The van der Waals surface area contributed by atoms with Crippen molar-refractivity contribution in [3.05, 3.63) is 48.0 Å². The molecule has 4 aromatic rings. The lowest BCUT2D eigenvalue weighted by molar-refractivity contribution is 0.844. The highest BCUT2D eigenvalue weighted by Crippen LogP contribution is 2.26. The molecule has 7 heteroatoms. The molecule has 0 amide bonds. The zero-order chi connectivity index (χ0) is 14.2. The molecule has 4 aromatic heterocycles. The smallest absolute Gasteiger partial charge is 0.155 e. The summed E-state index contributed by atoms with van der Waals surface area (Å²) in [6.45, 7) is 2.10. The van der Waals surface area contributed by atoms with Crippen molar-refractivity contribution in [1.29, 1.82) is 0 Å². The summed E-state index contributed by atoms with van der Waals surface area (Å²) in [7, 11) is 0. The third kappa shape index (κ3) is 2.11. The number of hydrogen-bond donors (Lipinski definition) is 1. The SMILES string of the molecule is CC(Nc1ncnc2sccc12)c1ccc2ncnn2c1. The average molecular weight is 296 g/mol. The van der Waals surface area contributed by atoms with Crippen LogP contribution in [0.2, 0.25) is 0 Å². The fraction of sp³-hybridized carbons (Fsp3) is 0.143. The van der Waals surface area contributed by atoms with Crippen LogP contribution < -0.4 is 5.32 Å². The molecule has 1 unspecified atom stereocenters. The standard InChI is InChI=1S/C14H12N6S/c1-9(10-2-3-12-15-8-18-20(12)6-10)19-13-11-4-5-21-14(11)17-7-16-13/h2-9H,1H3,(H,16,17,19). The maximum atomic E-state index is 4.35. The van der Waals surface area contributed by atoms with Gasteiger partial charge in [-0.25, -0.2) is 19.5 Å². The van der Waals surface area contributed by atoms with Crippen LogP contribution in [0.4, 0.5) is 5.82 Å². The molecule has 21 heavy (non-hydrogen) atoms. The number of hydrogen-bond acceptors (Lipinski definition) is 6. The Hall–Kier alpha value is -2.54. The summed E-state index contributed by atoms with van der Waals surface area (Å²) in [4.78, 5) is 13.7. The highest BCUT2D eigenvalue weighted by atomic mass is 32.1. The van der Waals surface area contributed by atoms with Crippen molar-refractivity contribution in [2.75, 3.05) is 5.32 Å². The van der Waals surface area contributed by atoms with Gasteiger partial charge in [-0.2, -0.15) is 5.10 Å². The Bertz CT molecular complexity index is 912. The van der Waals surface area contributed by atoms with Crippen molar-refractivity contribution in [3.8, 4) is 0 Å². The molecule has 0 saturated carbocycles. The molecule has 4 heterocycles. The molecule has 0 aliphatic carbocycles. The van der Waals surface area contributed by atoms with Crippen LogP contribution >= 0.6 is 11.3 Å². The Labute approximate surface area is 124 Å². The van der Waals surface area contributed by atoms with Gasteiger partial charge in [0.05, 0.1) is 11.4 Å². The quantitative estimate of drug-likeness (QED) is 0.629. The van der Waals surface area contributed by atoms with Gasteiger partial charge in [-0.05, 0) is 30.0 Å². The predicted octanol–water partition coefficient (Wildman–Crippen LogP) is 2.91. The molecule has 0 aliphatic heterocycles. The van der Waals surface area contributed by atoms with Crippen molar-refractivity contribution in [2.24, 2.45) is 0 Å². The Balaban J connectivity index is 1.68. The van der Waals surface area contributed by atoms with Crippen LogP contribution in [0.25, 0.3) is 15.9 Å². The second-order valence-corrected chi connectivity index (χ2v) is 5.65. The van der Waals surface area contributed by atoms with E-state index in [1.54, 1.807) is 28.5 Å². The minimum Gasteiger partial charge on any atom is -0.363 e. The first-order valence-corrected chi connectivity index (χ1v) is 7.43. The number of nitrogens with zero attached hydrogens (tertiary/aromatic N) is 5. The van der Waals surface area contributed by atoms with Gasteiger partial charge < -0.3 is 5.32 Å². The lowest BCUT2D eigenvalue weighted by Crippen LogP contribution is -2.09. The first-order valence-electron chi connectivity index (χ1n) is 6.55. The van der Waals surface area contributed by atoms with E-state index in [2.05, 4.69) is 32.3 Å². The highest BCUT2D eigenvalue weighted by Gasteiger charge is 2.11. The molecule has 0 saturated heterocycles. The van der Waals surface area contributed by atoms with Crippen LogP contribution in [0.15, 0.2) is 42.4 Å². The molecule has 0 radical (unpaired) electrons. The molecule has 0 spiro atoms.